The molecule has 1 aromatic rings. The van der Waals surface area contributed by atoms with E-state index in [0.29, 0.717) is 5.92 Å². The second-order valence-electron chi connectivity index (χ2n) is 5.31. The van der Waals surface area contributed by atoms with Gasteiger partial charge in [0.15, 0.2) is 0 Å². The monoisotopic (exact) mass is 229 g/mol. The Bertz CT molecular complexity index is 379. The molecule has 1 atom stereocenters. The van der Waals surface area contributed by atoms with Gasteiger partial charge in [-0.05, 0) is 48.8 Å². The van der Waals surface area contributed by atoms with Crippen LogP contribution in [-0.4, -0.2) is 6.54 Å². The molecule has 1 unspecified atom stereocenters. The summed E-state index contributed by atoms with van der Waals surface area (Å²) in [5.74, 6) is 1.41. The van der Waals surface area contributed by atoms with Crippen LogP contribution in [0.1, 0.15) is 44.6 Å². The Kier molecular flexibility index (Phi) is 4.24. The molecule has 1 aromatic carbocycles. The molecule has 0 spiro atoms. The molecular formula is C16H23N. The molecule has 0 heterocycles. The average Bonchev–Trinajstić information content (AvgIpc) is 2.38. The number of benzene rings is 1. The third-order valence-electron chi connectivity index (χ3n) is 3.53. The highest BCUT2D eigenvalue weighted by Crippen LogP contribution is 2.21. The first-order valence-electron chi connectivity index (χ1n) is 6.74. The zero-order valence-corrected chi connectivity index (χ0v) is 10.9. The van der Waals surface area contributed by atoms with Crippen molar-refractivity contribution in [2.75, 3.05) is 11.9 Å². The van der Waals surface area contributed by atoms with Crippen molar-refractivity contribution in [3.63, 3.8) is 0 Å². The van der Waals surface area contributed by atoms with Crippen molar-refractivity contribution in [1.82, 2.24) is 0 Å². The van der Waals surface area contributed by atoms with Crippen LogP contribution in [-0.2, 0) is 0 Å². The molecule has 0 saturated heterocycles. The molecule has 1 heteroatoms. The molecule has 0 fully saturated rings. The summed E-state index contributed by atoms with van der Waals surface area (Å²) in [5, 5.41) is 3.58. The first-order valence-corrected chi connectivity index (χ1v) is 6.74. The summed E-state index contributed by atoms with van der Waals surface area (Å²) in [6, 6.07) is 8.81. The maximum Gasteiger partial charge on any atom is 0.0343 e. The third-order valence-corrected chi connectivity index (χ3v) is 3.53. The fraction of sp³-hybridized carbons (Fsp3) is 0.500. The Morgan fingerprint density at radius 2 is 2.18 bits per heavy atom. The Balaban J connectivity index is 1.90. The minimum absolute atomic E-state index is 0.606. The highest BCUT2D eigenvalue weighted by atomic mass is 14.9. The summed E-state index contributed by atoms with van der Waals surface area (Å²) in [6.45, 7) is 5.59. The highest BCUT2D eigenvalue weighted by Gasteiger charge is 2.09. The molecular weight excluding hydrogens is 206 g/mol. The largest absolute Gasteiger partial charge is 0.385 e. The molecule has 0 saturated carbocycles. The van der Waals surface area contributed by atoms with Gasteiger partial charge in [0.2, 0.25) is 0 Å². The Hall–Kier alpha value is -1.24. The van der Waals surface area contributed by atoms with Gasteiger partial charge in [0.1, 0.15) is 0 Å². The van der Waals surface area contributed by atoms with Crippen LogP contribution in [0.3, 0.4) is 0 Å². The number of rotatable bonds is 4. The third kappa shape index (κ3) is 3.62. The number of anilines is 1. The lowest BCUT2D eigenvalue weighted by atomic mass is 9.94. The van der Waals surface area contributed by atoms with Gasteiger partial charge < -0.3 is 5.32 Å². The zero-order valence-electron chi connectivity index (χ0n) is 10.9. The summed E-state index contributed by atoms with van der Waals surface area (Å²) >= 11 is 0. The number of allylic oxidation sites excluding steroid dienone is 2. The molecule has 1 aliphatic carbocycles. The SMILES string of the molecule is CC(C)c1cccc(NCC2CC=CCC2)c1. The predicted octanol–water partition coefficient (Wildman–Crippen LogP) is 4.58. The lowest BCUT2D eigenvalue weighted by Gasteiger charge is -2.19. The van der Waals surface area contributed by atoms with Gasteiger partial charge in [-0.3, -0.25) is 0 Å². The van der Waals surface area contributed by atoms with Crippen LogP contribution in [0.15, 0.2) is 36.4 Å². The first kappa shape index (κ1) is 12.2. The predicted molar refractivity (Wildman–Crippen MR) is 75.5 cm³/mol. The van der Waals surface area contributed by atoms with Crippen LogP contribution >= 0.6 is 0 Å². The van der Waals surface area contributed by atoms with Crippen LogP contribution in [0.2, 0.25) is 0 Å². The molecule has 0 radical (unpaired) electrons. The summed E-state index contributed by atoms with van der Waals surface area (Å²) < 4.78 is 0. The normalized spacial score (nSPS) is 19.6. The van der Waals surface area contributed by atoms with Crippen molar-refractivity contribution in [1.29, 1.82) is 0 Å². The van der Waals surface area contributed by atoms with Crippen LogP contribution < -0.4 is 5.32 Å². The van der Waals surface area contributed by atoms with Crippen molar-refractivity contribution >= 4 is 5.69 Å². The molecule has 1 N–H and O–H groups in total. The van der Waals surface area contributed by atoms with Gasteiger partial charge in [-0.25, -0.2) is 0 Å². The van der Waals surface area contributed by atoms with Crippen molar-refractivity contribution < 1.29 is 0 Å². The Morgan fingerprint density at radius 3 is 2.88 bits per heavy atom. The van der Waals surface area contributed by atoms with Crippen molar-refractivity contribution in [3.8, 4) is 0 Å². The van der Waals surface area contributed by atoms with Crippen LogP contribution in [0.5, 0.6) is 0 Å². The molecule has 0 bridgehead atoms. The van der Waals surface area contributed by atoms with Gasteiger partial charge in [0.05, 0.1) is 0 Å². The van der Waals surface area contributed by atoms with Crippen LogP contribution in [0, 0.1) is 5.92 Å². The zero-order chi connectivity index (χ0) is 12.1. The Labute approximate surface area is 105 Å². The maximum atomic E-state index is 3.58. The van der Waals surface area contributed by atoms with E-state index in [0.717, 1.165) is 12.5 Å². The van der Waals surface area contributed by atoms with Gasteiger partial charge >= 0.3 is 0 Å². The minimum atomic E-state index is 0.606. The van der Waals surface area contributed by atoms with E-state index in [4.69, 9.17) is 0 Å². The maximum absolute atomic E-state index is 3.58. The van der Waals surface area contributed by atoms with E-state index < -0.39 is 0 Å². The number of hydrogen-bond donors (Lipinski definition) is 1. The van der Waals surface area contributed by atoms with E-state index in [1.807, 2.05) is 0 Å². The van der Waals surface area contributed by atoms with E-state index in [1.165, 1.54) is 30.5 Å². The molecule has 1 nitrogen and oxygen atoms in total. The number of nitrogens with one attached hydrogen (secondary N) is 1. The van der Waals surface area contributed by atoms with Gasteiger partial charge in [-0.15, -0.1) is 0 Å². The fourth-order valence-electron chi connectivity index (χ4n) is 2.31. The minimum Gasteiger partial charge on any atom is -0.385 e. The summed E-state index contributed by atoms with van der Waals surface area (Å²) in [6.07, 6.45) is 8.43. The molecule has 0 aliphatic heterocycles. The number of hydrogen-bond acceptors (Lipinski definition) is 1. The van der Waals surface area contributed by atoms with Crippen LogP contribution in [0.25, 0.3) is 0 Å². The topological polar surface area (TPSA) is 12.0 Å². The quantitative estimate of drug-likeness (QED) is 0.745. The van der Waals surface area contributed by atoms with E-state index >= 15 is 0 Å². The first-order chi connectivity index (χ1) is 8.25. The molecule has 0 amide bonds. The summed E-state index contributed by atoms with van der Waals surface area (Å²) in [5.41, 5.74) is 2.68. The van der Waals surface area contributed by atoms with Gasteiger partial charge in [-0.2, -0.15) is 0 Å². The van der Waals surface area contributed by atoms with Gasteiger partial charge in [0.25, 0.3) is 0 Å². The van der Waals surface area contributed by atoms with Gasteiger partial charge in [0, 0.05) is 12.2 Å². The van der Waals surface area contributed by atoms with Crippen molar-refractivity contribution in [2.24, 2.45) is 5.92 Å². The van der Waals surface area contributed by atoms with Gasteiger partial charge in [-0.1, -0.05) is 38.1 Å². The lowest BCUT2D eigenvalue weighted by molar-refractivity contribution is 0.504. The van der Waals surface area contributed by atoms with E-state index in [9.17, 15) is 0 Å². The van der Waals surface area contributed by atoms with E-state index in [2.05, 4.69) is 55.6 Å². The smallest absolute Gasteiger partial charge is 0.0343 e. The highest BCUT2D eigenvalue weighted by molar-refractivity contribution is 5.46. The van der Waals surface area contributed by atoms with E-state index in [1.54, 1.807) is 0 Å². The standard InChI is InChI=1S/C16H23N/c1-13(2)15-9-6-10-16(11-15)17-12-14-7-4-3-5-8-14/h3-4,6,9-11,13-14,17H,5,7-8,12H2,1-2H3. The Morgan fingerprint density at radius 1 is 1.29 bits per heavy atom. The van der Waals surface area contributed by atoms with Crippen LogP contribution in [0.4, 0.5) is 5.69 Å². The van der Waals surface area contributed by atoms with E-state index in [-0.39, 0.29) is 0 Å². The lowest BCUT2D eigenvalue weighted by Crippen LogP contribution is -2.15. The fourth-order valence-corrected chi connectivity index (χ4v) is 2.31. The van der Waals surface area contributed by atoms with Crippen molar-refractivity contribution in [3.05, 3.63) is 42.0 Å². The average molecular weight is 229 g/mol. The molecule has 92 valence electrons. The molecule has 2 rings (SSSR count). The van der Waals surface area contributed by atoms with Crippen molar-refractivity contribution in [2.45, 2.75) is 39.0 Å². The second-order valence-corrected chi connectivity index (χ2v) is 5.31. The molecule has 0 aromatic heterocycles. The molecule has 17 heavy (non-hydrogen) atoms. The summed E-state index contributed by atoms with van der Waals surface area (Å²) in [4.78, 5) is 0. The second kappa shape index (κ2) is 5.90. The molecule has 1 aliphatic rings. The summed E-state index contributed by atoms with van der Waals surface area (Å²) in [7, 11) is 0.